The van der Waals surface area contributed by atoms with Crippen molar-refractivity contribution in [1.82, 2.24) is 0 Å². The summed E-state index contributed by atoms with van der Waals surface area (Å²) in [6.45, 7) is 8.18. The second-order valence-electron chi connectivity index (χ2n) is 4.19. The first-order valence-corrected chi connectivity index (χ1v) is 5.27. The number of epoxide rings is 1. The van der Waals surface area contributed by atoms with E-state index in [1.807, 2.05) is 13.8 Å². The van der Waals surface area contributed by atoms with Crippen molar-refractivity contribution in [2.45, 2.75) is 51.7 Å². The van der Waals surface area contributed by atoms with Gasteiger partial charge in [-0.2, -0.15) is 0 Å². The Labute approximate surface area is 85.8 Å². The third-order valence-electron chi connectivity index (χ3n) is 3.71. The molecule has 3 atom stereocenters. The topological polar surface area (TPSA) is 38.8 Å². The number of methoxy groups -OCH3 is 1. The van der Waals surface area contributed by atoms with Crippen LogP contribution in [0.5, 0.6) is 0 Å². The molecule has 0 aliphatic carbocycles. The molecule has 0 amide bonds. The molecule has 1 rings (SSSR count). The van der Waals surface area contributed by atoms with Gasteiger partial charge in [0, 0.05) is 0 Å². The van der Waals surface area contributed by atoms with Gasteiger partial charge in [0.1, 0.15) is 5.60 Å². The molecule has 1 aliphatic heterocycles. The highest BCUT2D eigenvalue weighted by Gasteiger charge is 2.73. The van der Waals surface area contributed by atoms with Gasteiger partial charge in [-0.15, -0.1) is 0 Å². The van der Waals surface area contributed by atoms with Gasteiger partial charge < -0.3 is 9.47 Å². The zero-order valence-corrected chi connectivity index (χ0v) is 9.72. The summed E-state index contributed by atoms with van der Waals surface area (Å²) >= 11 is 0. The van der Waals surface area contributed by atoms with Gasteiger partial charge in [0.05, 0.1) is 7.11 Å². The molecule has 0 aromatic heterocycles. The first-order valence-electron chi connectivity index (χ1n) is 5.27. The van der Waals surface area contributed by atoms with Crippen molar-refractivity contribution in [3.8, 4) is 0 Å². The molecule has 1 aliphatic rings. The van der Waals surface area contributed by atoms with Crippen LogP contribution in [0, 0.1) is 5.92 Å². The fourth-order valence-electron chi connectivity index (χ4n) is 2.20. The summed E-state index contributed by atoms with van der Waals surface area (Å²) < 4.78 is 10.5. The average Bonchev–Trinajstić information content (AvgIpc) is 2.84. The van der Waals surface area contributed by atoms with Gasteiger partial charge in [-0.3, -0.25) is 0 Å². The SMILES string of the molecule is CCC(C)C1(C)OC1(CC)C(=O)OC. The lowest BCUT2D eigenvalue weighted by atomic mass is 9.81. The Morgan fingerprint density at radius 2 is 2.07 bits per heavy atom. The van der Waals surface area contributed by atoms with E-state index in [9.17, 15) is 4.79 Å². The van der Waals surface area contributed by atoms with Crippen LogP contribution in [0.4, 0.5) is 0 Å². The summed E-state index contributed by atoms with van der Waals surface area (Å²) in [5.74, 6) is 0.143. The van der Waals surface area contributed by atoms with Crippen molar-refractivity contribution in [3.05, 3.63) is 0 Å². The quantitative estimate of drug-likeness (QED) is 0.515. The summed E-state index contributed by atoms with van der Waals surface area (Å²) in [5, 5.41) is 0. The molecule has 3 nitrogen and oxygen atoms in total. The molecule has 0 N–H and O–H groups in total. The molecule has 1 heterocycles. The maximum absolute atomic E-state index is 11.6. The fourth-order valence-corrected chi connectivity index (χ4v) is 2.20. The number of hydrogen-bond donors (Lipinski definition) is 0. The van der Waals surface area contributed by atoms with E-state index in [4.69, 9.17) is 9.47 Å². The average molecular weight is 200 g/mol. The number of carbonyl (C=O) groups excluding carboxylic acids is 1. The Hall–Kier alpha value is -0.570. The van der Waals surface area contributed by atoms with Gasteiger partial charge in [0.25, 0.3) is 0 Å². The number of esters is 1. The highest BCUT2D eigenvalue weighted by atomic mass is 16.7. The molecular formula is C11H20O3. The number of rotatable bonds is 4. The molecule has 0 radical (unpaired) electrons. The van der Waals surface area contributed by atoms with Crippen molar-refractivity contribution in [3.63, 3.8) is 0 Å². The van der Waals surface area contributed by atoms with Crippen LogP contribution in [0.3, 0.4) is 0 Å². The number of ether oxygens (including phenoxy) is 2. The summed E-state index contributed by atoms with van der Waals surface area (Å²) in [7, 11) is 1.42. The fraction of sp³-hybridized carbons (Fsp3) is 0.909. The summed E-state index contributed by atoms with van der Waals surface area (Å²) in [4.78, 5) is 11.6. The first kappa shape index (κ1) is 11.5. The molecule has 1 saturated heterocycles. The Balaban J connectivity index is 2.84. The standard InChI is InChI=1S/C11H20O3/c1-6-8(3)10(4)11(7-2,14-10)9(12)13-5/h8H,6-7H2,1-5H3. The normalized spacial score (nSPS) is 37.8. The van der Waals surface area contributed by atoms with E-state index < -0.39 is 5.60 Å². The molecule has 0 aromatic carbocycles. The van der Waals surface area contributed by atoms with Crippen LogP contribution >= 0.6 is 0 Å². The molecule has 3 unspecified atom stereocenters. The van der Waals surface area contributed by atoms with Crippen molar-refractivity contribution in [2.24, 2.45) is 5.92 Å². The van der Waals surface area contributed by atoms with Gasteiger partial charge in [0.2, 0.25) is 0 Å². The van der Waals surface area contributed by atoms with Crippen LogP contribution in [-0.4, -0.2) is 24.3 Å². The minimum absolute atomic E-state index is 0.234. The third-order valence-corrected chi connectivity index (χ3v) is 3.71. The van der Waals surface area contributed by atoms with Crippen molar-refractivity contribution in [2.75, 3.05) is 7.11 Å². The van der Waals surface area contributed by atoms with Gasteiger partial charge in [-0.25, -0.2) is 4.79 Å². The lowest BCUT2D eigenvalue weighted by Gasteiger charge is -2.18. The van der Waals surface area contributed by atoms with E-state index in [0.29, 0.717) is 12.3 Å². The smallest absolute Gasteiger partial charge is 0.341 e. The maximum atomic E-state index is 11.6. The van der Waals surface area contributed by atoms with Gasteiger partial charge in [-0.05, 0) is 19.3 Å². The molecule has 0 aromatic rings. The first-order chi connectivity index (χ1) is 6.48. The predicted molar refractivity (Wildman–Crippen MR) is 54.0 cm³/mol. The molecule has 3 heteroatoms. The summed E-state index contributed by atoms with van der Waals surface area (Å²) in [6.07, 6.45) is 1.69. The van der Waals surface area contributed by atoms with Crippen LogP contribution in [0.2, 0.25) is 0 Å². The molecule has 0 bridgehead atoms. The highest BCUT2D eigenvalue weighted by Crippen LogP contribution is 2.56. The third kappa shape index (κ3) is 1.26. The van der Waals surface area contributed by atoms with Crippen molar-refractivity contribution < 1.29 is 14.3 Å². The molecule has 0 saturated carbocycles. The van der Waals surface area contributed by atoms with Crippen LogP contribution in [0.25, 0.3) is 0 Å². The Kier molecular flexibility index (Phi) is 2.91. The van der Waals surface area contributed by atoms with Gasteiger partial charge in [-0.1, -0.05) is 27.2 Å². The van der Waals surface area contributed by atoms with Crippen LogP contribution in [0.15, 0.2) is 0 Å². The van der Waals surface area contributed by atoms with Crippen LogP contribution < -0.4 is 0 Å². The minimum atomic E-state index is -0.683. The van der Waals surface area contributed by atoms with E-state index in [1.165, 1.54) is 7.11 Å². The number of hydrogen-bond acceptors (Lipinski definition) is 3. The van der Waals surface area contributed by atoms with Gasteiger partial charge in [0.15, 0.2) is 5.60 Å². The van der Waals surface area contributed by atoms with Gasteiger partial charge >= 0.3 is 5.97 Å². The van der Waals surface area contributed by atoms with Crippen LogP contribution in [0.1, 0.15) is 40.5 Å². The highest BCUT2D eigenvalue weighted by molar-refractivity contribution is 5.84. The molecule has 1 fully saturated rings. The van der Waals surface area contributed by atoms with Crippen LogP contribution in [-0.2, 0) is 14.3 Å². The molecular weight excluding hydrogens is 180 g/mol. The molecule has 82 valence electrons. The Bertz CT molecular complexity index is 239. The molecule has 14 heavy (non-hydrogen) atoms. The van der Waals surface area contributed by atoms with Crippen molar-refractivity contribution in [1.29, 1.82) is 0 Å². The Morgan fingerprint density at radius 3 is 2.43 bits per heavy atom. The van der Waals surface area contributed by atoms with E-state index >= 15 is 0 Å². The van der Waals surface area contributed by atoms with E-state index in [-0.39, 0.29) is 11.6 Å². The largest absolute Gasteiger partial charge is 0.467 e. The van der Waals surface area contributed by atoms with E-state index in [0.717, 1.165) is 6.42 Å². The second kappa shape index (κ2) is 3.54. The lowest BCUT2D eigenvalue weighted by Crippen LogP contribution is -2.36. The maximum Gasteiger partial charge on any atom is 0.341 e. The number of carbonyl (C=O) groups is 1. The predicted octanol–water partition coefficient (Wildman–Crippen LogP) is 2.14. The van der Waals surface area contributed by atoms with E-state index in [2.05, 4.69) is 13.8 Å². The summed E-state index contributed by atoms with van der Waals surface area (Å²) in [6, 6.07) is 0. The van der Waals surface area contributed by atoms with Crippen molar-refractivity contribution >= 4 is 5.97 Å². The second-order valence-corrected chi connectivity index (χ2v) is 4.19. The minimum Gasteiger partial charge on any atom is -0.467 e. The zero-order valence-electron chi connectivity index (χ0n) is 9.72. The zero-order chi connectivity index (χ0) is 11.0. The molecule has 0 spiro atoms. The van der Waals surface area contributed by atoms with E-state index in [1.54, 1.807) is 0 Å². The monoisotopic (exact) mass is 200 g/mol. The Morgan fingerprint density at radius 1 is 1.50 bits per heavy atom. The summed E-state index contributed by atoms with van der Waals surface area (Å²) in [5.41, 5.74) is -1.01. The lowest BCUT2D eigenvalue weighted by molar-refractivity contribution is -0.147.